The average Bonchev–Trinajstić information content (AvgIpc) is 2.07. The summed E-state index contributed by atoms with van der Waals surface area (Å²) in [4.78, 5) is 0. The summed E-state index contributed by atoms with van der Waals surface area (Å²) < 4.78 is 26.0. The van der Waals surface area contributed by atoms with Gasteiger partial charge >= 0.3 is 0 Å². The Morgan fingerprint density at radius 1 is 1.36 bits per heavy atom. The van der Waals surface area contributed by atoms with E-state index in [2.05, 4.69) is 0 Å². The molecule has 2 nitrogen and oxygen atoms in total. The van der Waals surface area contributed by atoms with Crippen LogP contribution >= 0.6 is 0 Å². The molecule has 0 saturated heterocycles. The van der Waals surface area contributed by atoms with Crippen LogP contribution in [0.1, 0.15) is 25.5 Å². The molecule has 14 heavy (non-hydrogen) atoms. The molecule has 0 aromatic heterocycles. The van der Waals surface area contributed by atoms with Crippen molar-refractivity contribution in [2.45, 2.75) is 25.5 Å². The Morgan fingerprint density at radius 3 is 2.43 bits per heavy atom. The van der Waals surface area contributed by atoms with Gasteiger partial charge in [-0.3, -0.25) is 0 Å². The molecule has 0 spiro atoms. The third-order valence-corrected chi connectivity index (χ3v) is 1.98. The van der Waals surface area contributed by atoms with Gasteiger partial charge in [0.2, 0.25) is 0 Å². The third-order valence-electron chi connectivity index (χ3n) is 1.98. The summed E-state index contributed by atoms with van der Waals surface area (Å²) >= 11 is 0. The molecule has 0 saturated carbocycles. The molecule has 0 radical (unpaired) electrons. The Labute approximate surface area is 81.4 Å². The van der Waals surface area contributed by atoms with E-state index in [9.17, 15) is 13.9 Å². The number of aliphatic hydroxyl groups is 1. The van der Waals surface area contributed by atoms with E-state index in [1.54, 1.807) is 13.8 Å². The molecule has 1 atom stereocenters. The first-order valence-corrected chi connectivity index (χ1v) is 4.25. The summed E-state index contributed by atoms with van der Waals surface area (Å²) in [5, 5.41) is 9.63. The van der Waals surface area contributed by atoms with Crippen molar-refractivity contribution in [2.24, 2.45) is 5.73 Å². The first kappa shape index (κ1) is 11.1. The van der Waals surface area contributed by atoms with Gasteiger partial charge in [0.15, 0.2) is 11.6 Å². The molecule has 78 valence electrons. The number of nitrogens with two attached hydrogens (primary N) is 1. The van der Waals surface area contributed by atoms with Crippen molar-refractivity contribution in [1.82, 2.24) is 0 Å². The Kier molecular flexibility index (Phi) is 2.87. The standard InChI is InChI=1S/C10H13F2NO/c1-10(2,13)9(14)6-4-3-5-7(11)8(6)12/h3-5,9,14H,13H2,1-2H3. The number of benzene rings is 1. The van der Waals surface area contributed by atoms with Crippen LogP contribution in [0, 0.1) is 11.6 Å². The maximum Gasteiger partial charge on any atom is 0.164 e. The van der Waals surface area contributed by atoms with Gasteiger partial charge in [-0.2, -0.15) is 0 Å². The predicted octanol–water partition coefficient (Wildman–Crippen LogP) is 1.74. The quantitative estimate of drug-likeness (QED) is 0.765. The molecule has 1 aromatic carbocycles. The van der Waals surface area contributed by atoms with E-state index in [4.69, 9.17) is 5.73 Å². The van der Waals surface area contributed by atoms with E-state index in [-0.39, 0.29) is 5.56 Å². The van der Waals surface area contributed by atoms with E-state index in [0.29, 0.717) is 0 Å². The number of hydrogen-bond donors (Lipinski definition) is 2. The zero-order chi connectivity index (χ0) is 10.9. The van der Waals surface area contributed by atoms with Crippen molar-refractivity contribution in [2.75, 3.05) is 0 Å². The molecule has 0 heterocycles. The van der Waals surface area contributed by atoms with Crippen LogP contribution in [0.5, 0.6) is 0 Å². The fourth-order valence-electron chi connectivity index (χ4n) is 1.13. The second-order valence-electron chi connectivity index (χ2n) is 3.87. The van der Waals surface area contributed by atoms with Crippen LogP contribution in [0.4, 0.5) is 8.78 Å². The molecule has 0 amide bonds. The van der Waals surface area contributed by atoms with Gasteiger partial charge in [0.25, 0.3) is 0 Å². The van der Waals surface area contributed by atoms with E-state index < -0.39 is 23.3 Å². The zero-order valence-electron chi connectivity index (χ0n) is 8.09. The fourth-order valence-corrected chi connectivity index (χ4v) is 1.13. The highest BCUT2D eigenvalue weighted by atomic mass is 19.2. The van der Waals surface area contributed by atoms with Gasteiger partial charge in [-0.05, 0) is 19.9 Å². The topological polar surface area (TPSA) is 46.2 Å². The lowest BCUT2D eigenvalue weighted by atomic mass is 9.92. The summed E-state index contributed by atoms with van der Waals surface area (Å²) in [6.07, 6.45) is -1.22. The van der Waals surface area contributed by atoms with Crippen LogP contribution in [0.2, 0.25) is 0 Å². The lowest BCUT2D eigenvalue weighted by molar-refractivity contribution is 0.1000. The SMILES string of the molecule is CC(C)(N)C(O)c1cccc(F)c1F. The molecule has 4 heteroatoms. The molecule has 0 fully saturated rings. The third kappa shape index (κ3) is 2.08. The van der Waals surface area contributed by atoms with Crippen LogP contribution in [-0.4, -0.2) is 10.6 Å². The minimum Gasteiger partial charge on any atom is -0.386 e. The molecule has 0 aliphatic heterocycles. The molecular formula is C10H13F2NO. The van der Waals surface area contributed by atoms with E-state index in [1.165, 1.54) is 12.1 Å². The molecule has 1 aromatic rings. The molecule has 0 bridgehead atoms. The largest absolute Gasteiger partial charge is 0.386 e. The van der Waals surface area contributed by atoms with Gasteiger partial charge in [-0.25, -0.2) is 8.78 Å². The normalized spacial score (nSPS) is 14.1. The van der Waals surface area contributed by atoms with Gasteiger partial charge in [0.05, 0.1) is 6.10 Å². The first-order valence-electron chi connectivity index (χ1n) is 4.25. The lowest BCUT2D eigenvalue weighted by Crippen LogP contribution is -2.39. The van der Waals surface area contributed by atoms with Crippen molar-refractivity contribution >= 4 is 0 Å². The molecular weight excluding hydrogens is 188 g/mol. The van der Waals surface area contributed by atoms with Crippen molar-refractivity contribution in [3.63, 3.8) is 0 Å². The summed E-state index contributed by atoms with van der Waals surface area (Å²) in [6, 6.07) is 3.65. The molecule has 3 N–H and O–H groups in total. The van der Waals surface area contributed by atoms with E-state index >= 15 is 0 Å². The van der Waals surface area contributed by atoms with Crippen molar-refractivity contribution in [1.29, 1.82) is 0 Å². The monoisotopic (exact) mass is 201 g/mol. The number of aliphatic hydroxyl groups excluding tert-OH is 1. The van der Waals surface area contributed by atoms with Gasteiger partial charge < -0.3 is 10.8 Å². The van der Waals surface area contributed by atoms with Crippen molar-refractivity contribution in [3.05, 3.63) is 35.4 Å². The maximum atomic E-state index is 13.2. The van der Waals surface area contributed by atoms with Crippen LogP contribution in [0.15, 0.2) is 18.2 Å². The summed E-state index contributed by atoms with van der Waals surface area (Å²) in [7, 11) is 0. The second-order valence-corrected chi connectivity index (χ2v) is 3.87. The summed E-state index contributed by atoms with van der Waals surface area (Å²) in [5.74, 6) is -2.02. The number of halogens is 2. The Morgan fingerprint density at radius 2 is 1.93 bits per heavy atom. The number of hydrogen-bond acceptors (Lipinski definition) is 2. The smallest absolute Gasteiger partial charge is 0.164 e. The highest BCUT2D eigenvalue weighted by Crippen LogP contribution is 2.26. The Bertz CT molecular complexity index is 333. The molecule has 1 unspecified atom stereocenters. The summed E-state index contributed by atoms with van der Waals surface area (Å²) in [6.45, 7) is 3.09. The maximum absolute atomic E-state index is 13.2. The highest BCUT2D eigenvalue weighted by molar-refractivity contribution is 5.23. The minimum absolute atomic E-state index is 0.113. The van der Waals surface area contributed by atoms with Crippen LogP contribution in [-0.2, 0) is 0 Å². The van der Waals surface area contributed by atoms with E-state index in [0.717, 1.165) is 6.07 Å². The van der Waals surface area contributed by atoms with Crippen LogP contribution < -0.4 is 5.73 Å². The summed E-state index contributed by atoms with van der Waals surface area (Å²) in [5.41, 5.74) is 4.47. The van der Waals surface area contributed by atoms with Crippen molar-refractivity contribution < 1.29 is 13.9 Å². The average molecular weight is 201 g/mol. The van der Waals surface area contributed by atoms with Gasteiger partial charge in [-0.15, -0.1) is 0 Å². The Hall–Kier alpha value is -1.00. The Balaban J connectivity index is 3.14. The minimum atomic E-state index is -1.22. The predicted molar refractivity (Wildman–Crippen MR) is 49.6 cm³/mol. The van der Waals surface area contributed by atoms with Gasteiger partial charge in [0, 0.05) is 11.1 Å². The van der Waals surface area contributed by atoms with E-state index in [1.807, 2.05) is 0 Å². The first-order chi connectivity index (χ1) is 6.34. The zero-order valence-corrected chi connectivity index (χ0v) is 8.09. The molecule has 1 rings (SSSR count). The lowest BCUT2D eigenvalue weighted by Gasteiger charge is -2.26. The van der Waals surface area contributed by atoms with Gasteiger partial charge in [-0.1, -0.05) is 12.1 Å². The van der Waals surface area contributed by atoms with Crippen molar-refractivity contribution in [3.8, 4) is 0 Å². The van der Waals surface area contributed by atoms with Crippen LogP contribution in [0.25, 0.3) is 0 Å². The second kappa shape index (κ2) is 3.63. The number of rotatable bonds is 2. The van der Waals surface area contributed by atoms with Gasteiger partial charge in [0.1, 0.15) is 0 Å². The fraction of sp³-hybridized carbons (Fsp3) is 0.400. The van der Waals surface area contributed by atoms with Crippen LogP contribution in [0.3, 0.4) is 0 Å². The highest BCUT2D eigenvalue weighted by Gasteiger charge is 2.27. The molecule has 0 aliphatic rings. The molecule has 0 aliphatic carbocycles.